The molecule has 0 amide bonds. The van der Waals surface area contributed by atoms with Gasteiger partial charge in [0.15, 0.2) is 0 Å². The zero-order chi connectivity index (χ0) is 13.6. The van der Waals surface area contributed by atoms with E-state index in [1.54, 1.807) is 0 Å². The number of allylic oxidation sites excluding steroid dienone is 1. The first-order valence-electron chi connectivity index (χ1n) is 7.22. The van der Waals surface area contributed by atoms with Gasteiger partial charge in [-0.15, -0.1) is 6.58 Å². The van der Waals surface area contributed by atoms with Gasteiger partial charge in [0, 0.05) is 38.8 Å². The summed E-state index contributed by atoms with van der Waals surface area (Å²) in [5.41, 5.74) is -0.572. The second kappa shape index (κ2) is 7.27. The van der Waals surface area contributed by atoms with Crippen LogP contribution in [0.2, 0.25) is 0 Å². The number of aliphatic hydroxyl groups is 1. The molecule has 18 heavy (non-hydrogen) atoms. The van der Waals surface area contributed by atoms with Crippen molar-refractivity contribution in [3.63, 3.8) is 0 Å². The summed E-state index contributed by atoms with van der Waals surface area (Å²) in [4.78, 5) is 4.94. The summed E-state index contributed by atoms with van der Waals surface area (Å²) in [6, 6.07) is 0.675. The Morgan fingerprint density at radius 2 is 1.89 bits per heavy atom. The van der Waals surface area contributed by atoms with E-state index in [1.165, 1.54) is 12.8 Å². The first-order chi connectivity index (χ1) is 8.42. The van der Waals surface area contributed by atoms with Crippen molar-refractivity contribution in [2.45, 2.75) is 51.7 Å². The van der Waals surface area contributed by atoms with E-state index in [4.69, 9.17) is 0 Å². The molecule has 1 N–H and O–H groups in total. The van der Waals surface area contributed by atoms with Gasteiger partial charge < -0.3 is 5.11 Å². The van der Waals surface area contributed by atoms with Gasteiger partial charge in [-0.25, -0.2) is 0 Å². The zero-order valence-corrected chi connectivity index (χ0v) is 12.4. The first-order valence-corrected chi connectivity index (χ1v) is 7.22. The van der Waals surface area contributed by atoms with Gasteiger partial charge >= 0.3 is 0 Å². The molecule has 0 radical (unpaired) electrons. The number of unbranched alkanes of at least 4 members (excludes halogenated alkanes) is 1. The fourth-order valence-corrected chi connectivity index (χ4v) is 2.65. The SMILES string of the molecule is C=CCCCC(C)N1CCN(CC(C)(C)O)CC1. The fourth-order valence-electron chi connectivity index (χ4n) is 2.65. The van der Waals surface area contributed by atoms with Crippen molar-refractivity contribution < 1.29 is 5.11 Å². The molecule has 1 rings (SSSR count). The summed E-state index contributed by atoms with van der Waals surface area (Å²) in [5.74, 6) is 0. The number of piperazine rings is 1. The summed E-state index contributed by atoms with van der Waals surface area (Å²) in [6.07, 6.45) is 5.64. The van der Waals surface area contributed by atoms with Crippen LogP contribution in [-0.2, 0) is 0 Å². The highest BCUT2D eigenvalue weighted by Gasteiger charge is 2.24. The average Bonchev–Trinajstić information content (AvgIpc) is 2.28. The van der Waals surface area contributed by atoms with Crippen LogP contribution < -0.4 is 0 Å². The molecule has 1 saturated heterocycles. The lowest BCUT2D eigenvalue weighted by Gasteiger charge is -2.40. The van der Waals surface area contributed by atoms with Crippen LogP contribution >= 0.6 is 0 Å². The molecule has 0 aromatic carbocycles. The predicted octanol–water partition coefficient (Wildman–Crippen LogP) is 2.12. The lowest BCUT2D eigenvalue weighted by Crippen LogP contribution is -2.52. The van der Waals surface area contributed by atoms with Crippen molar-refractivity contribution in [1.29, 1.82) is 0 Å². The highest BCUT2D eigenvalue weighted by molar-refractivity contribution is 4.80. The second-order valence-electron chi connectivity index (χ2n) is 6.19. The van der Waals surface area contributed by atoms with Gasteiger partial charge in [0.1, 0.15) is 0 Å². The number of hydrogen-bond donors (Lipinski definition) is 1. The van der Waals surface area contributed by atoms with Crippen molar-refractivity contribution in [3.05, 3.63) is 12.7 Å². The molecule has 3 nitrogen and oxygen atoms in total. The number of hydrogen-bond acceptors (Lipinski definition) is 3. The second-order valence-corrected chi connectivity index (χ2v) is 6.19. The maximum Gasteiger partial charge on any atom is 0.0718 e. The molecule has 0 aromatic heterocycles. The average molecular weight is 254 g/mol. The molecular weight excluding hydrogens is 224 g/mol. The lowest BCUT2D eigenvalue weighted by molar-refractivity contribution is 0.0115. The van der Waals surface area contributed by atoms with Crippen LogP contribution in [0.15, 0.2) is 12.7 Å². The Hall–Kier alpha value is -0.380. The summed E-state index contributed by atoms with van der Waals surface area (Å²) in [7, 11) is 0. The molecule has 1 atom stereocenters. The highest BCUT2D eigenvalue weighted by atomic mass is 16.3. The topological polar surface area (TPSA) is 26.7 Å². The van der Waals surface area contributed by atoms with Crippen LogP contribution in [0.5, 0.6) is 0 Å². The Balaban J connectivity index is 2.24. The predicted molar refractivity (Wildman–Crippen MR) is 77.8 cm³/mol. The molecule has 1 aliphatic heterocycles. The third-order valence-corrected chi connectivity index (χ3v) is 3.67. The molecule has 0 saturated carbocycles. The molecule has 0 aromatic rings. The number of nitrogens with zero attached hydrogens (tertiary/aromatic N) is 2. The van der Waals surface area contributed by atoms with Gasteiger partial charge in [0.05, 0.1) is 5.60 Å². The molecular formula is C15H30N2O. The van der Waals surface area contributed by atoms with Crippen molar-refractivity contribution in [2.24, 2.45) is 0 Å². The van der Waals surface area contributed by atoms with Crippen molar-refractivity contribution in [2.75, 3.05) is 32.7 Å². The summed E-state index contributed by atoms with van der Waals surface area (Å²) in [5, 5.41) is 9.82. The van der Waals surface area contributed by atoms with Crippen molar-refractivity contribution >= 4 is 0 Å². The molecule has 0 spiro atoms. The molecule has 1 fully saturated rings. The Labute approximate surface area is 112 Å². The van der Waals surface area contributed by atoms with Gasteiger partial charge in [-0.2, -0.15) is 0 Å². The van der Waals surface area contributed by atoms with Gasteiger partial charge in [-0.3, -0.25) is 9.80 Å². The van der Waals surface area contributed by atoms with Crippen LogP contribution in [0.3, 0.4) is 0 Å². The standard InChI is InChI=1S/C15H30N2O/c1-5-6-7-8-14(2)17-11-9-16(10-12-17)13-15(3,4)18/h5,14,18H,1,6-13H2,2-4H3. The van der Waals surface area contributed by atoms with E-state index in [-0.39, 0.29) is 0 Å². The summed E-state index contributed by atoms with van der Waals surface area (Å²) in [6.45, 7) is 15.1. The Morgan fingerprint density at radius 3 is 2.39 bits per heavy atom. The smallest absolute Gasteiger partial charge is 0.0718 e. The van der Waals surface area contributed by atoms with Gasteiger partial charge in [-0.1, -0.05) is 6.08 Å². The quantitative estimate of drug-likeness (QED) is 0.557. The summed E-state index contributed by atoms with van der Waals surface area (Å²) < 4.78 is 0. The van der Waals surface area contributed by atoms with Crippen molar-refractivity contribution in [1.82, 2.24) is 9.80 Å². The first kappa shape index (κ1) is 15.7. The molecule has 1 aliphatic rings. The third kappa shape index (κ3) is 5.98. The molecule has 1 heterocycles. The van der Waals surface area contributed by atoms with Crippen molar-refractivity contribution in [3.8, 4) is 0 Å². The third-order valence-electron chi connectivity index (χ3n) is 3.67. The maximum atomic E-state index is 9.82. The zero-order valence-electron chi connectivity index (χ0n) is 12.4. The van der Waals surface area contributed by atoms with E-state index >= 15 is 0 Å². The monoisotopic (exact) mass is 254 g/mol. The van der Waals surface area contributed by atoms with Crippen LogP contribution in [0.4, 0.5) is 0 Å². The fraction of sp³-hybridized carbons (Fsp3) is 0.867. The van der Waals surface area contributed by atoms with Crippen LogP contribution in [0.25, 0.3) is 0 Å². The molecule has 0 bridgehead atoms. The Bertz CT molecular complexity index is 239. The van der Waals surface area contributed by atoms with Gasteiger partial charge in [0.25, 0.3) is 0 Å². The van der Waals surface area contributed by atoms with E-state index in [0.29, 0.717) is 6.04 Å². The Kier molecular flexibility index (Phi) is 6.33. The molecule has 1 unspecified atom stereocenters. The van der Waals surface area contributed by atoms with E-state index in [2.05, 4.69) is 23.3 Å². The van der Waals surface area contributed by atoms with Crippen LogP contribution in [0.1, 0.15) is 40.0 Å². The Morgan fingerprint density at radius 1 is 1.28 bits per heavy atom. The number of β-amino-alcohol motifs (C(OH)–C–C–N with tert-alkyl or cyclic N) is 1. The van der Waals surface area contributed by atoms with Gasteiger partial charge in [-0.05, 0) is 40.0 Å². The molecule has 3 heteroatoms. The van der Waals surface area contributed by atoms with E-state index < -0.39 is 5.60 Å². The maximum absolute atomic E-state index is 9.82. The van der Waals surface area contributed by atoms with E-state index in [1.807, 2.05) is 19.9 Å². The van der Waals surface area contributed by atoms with Crippen LogP contribution in [-0.4, -0.2) is 59.3 Å². The minimum Gasteiger partial charge on any atom is -0.389 e. The van der Waals surface area contributed by atoms with E-state index in [9.17, 15) is 5.11 Å². The molecule has 106 valence electrons. The normalized spacial score (nSPS) is 20.9. The highest BCUT2D eigenvalue weighted by Crippen LogP contribution is 2.13. The number of rotatable bonds is 7. The largest absolute Gasteiger partial charge is 0.389 e. The minimum atomic E-state index is -0.572. The van der Waals surface area contributed by atoms with E-state index in [0.717, 1.165) is 39.1 Å². The lowest BCUT2D eigenvalue weighted by atomic mass is 10.1. The van der Waals surface area contributed by atoms with Crippen LogP contribution in [0, 0.1) is 0 Å². The summed E-state index contributed by atoms with van der Waals surface area (Å²) >= 11 is 0. The van der Waals surface area contributed by atoms with Gasteiger partial charge in [0.2, 0.25) is 0 Å². The minimum absolute atomic E-state index is 0.572. The molecule has 0 aliphatic carbocycles.